The van der Waals surface area contributed by atoms with Gasteiger partial charge in [-0.25, -0.2) is 24.9 Å². The van der Waals surface area contributed by atoms with Crippen molar-refractivity contribution in [2.75, 3.05) is 0 Å². The first-order chi connectivity index (χ1) is 28.7. The Kier molecular flexibility index (Phi) is 9.06. The van der Waals surface area contributed by atoms with E-state index in [1.807, 2.05) is 54.6 Å². The predicted molar refractivity (Wildman–Crippen MR) is 232 cm³/mol. The van der Waals surface area contributed by atoms with Gasteiger partial charge in [-0.05, 0) is 69.8 Å². The number of fused-ring (bicyclic) bond motifs is 1. The van der Waals surface area contributed by atoms with E-state index in [0.717, 1.165) is 72.5 Å². The van der Waals surface area contributed by atoms with Crippen LogP contribution in [0.4, 0.5) is 0 Å². The second-order valence-corrected chi connectivity index (χ2v) is 13.8. The zero-order valence-electron chi connectivity index (χ0n) is 31.2. The standard InChI is InChI=1S/C51H33N7/c1-3-11-34(12-4-1)36-17-23-39(24-18-36)49-56-50(40-25-19-37(20-26-40)35-13-5-2-6-14-35)58-51(57-49)41-27-21-38(22-28-41)42-29-30-43-46(33-42)55-48(45-16-8-10-32-53-45)47(54-43)44-15-7-9-31-52-44/h1-33H. The van der Waals surface area contributed by atoms with Gasteiger partial charge in [0, 0.05) is 29.1 Å². The van der Waals surface area contributed by atoms with Crippen molar-refractivity contribution < 1.29 is 0 Å². The van der Waals surface area contributed by atoms with Crippen LogP contribution in [-0.4, -0.2) is 34.9 Å². The molecule has 0 atom stereocenters. The fourth-order valence-corrected chi connectivity index (χ4v) is 7.06. The van der Waals surface area contributed by atoms with E-state index in [1.54, 1.807) is 12.4 Å². The molecule has 4 aromatic heterocycles. The van der Waals surface area contributed by atoms with Gasteiger partial charge < -0.3 is 0 Å². The molecule has 0 saturated heterocycles. The average Bonchev–Trinajstić information content (AvgIpc) is 3.32. The third-order valence-electron chi connectivity index (χ3n) is 10.1. The molecule has 0 saturated carbocycles. The molecule has 4 heterocycles. The molecule has 0 aliphatic carbocycles. The summed E-state index contributed by atoms with van der Waals surface area (Å²) in [5, 5.41) is 0. The van der Waals surface area contributed by atoms with Gasteiger partial charge >= 0.3 is 0 Å². The number of nitrogens with zero attached hydrogens (tertiary/aromatic N) is 7. The van der Waals surface area contributed by atoms with Gasteiger partial charge in [0.1, 0.15) is 11.4 Å². The second kappa shape index (κ2) is 15.2. The lowest BCUT2D eigenvalue weighted by Gasteiger charge is -2.11. The molecule has 0 aliphatic rings. The summed E-state index contributed by atoms with van der Waals surface area (Å²) in [5.74, 6) is 1.81. The molecule has 0 spiro atoms. The first kappa shape index (κ1) is 34.5. The molecule has 0 amide bonds. The number of hydrogen-bond donors (Lipinski definition) is 0. The van der Waals surface area contributed by atoms with Gasteiger partial charge in [0.15, 0.2) is 17.5 Å². The van der Waals surface area contributed by atoms with Crippen LogP contribution in [0.2, 0.25) is 0 Å². The largest absolute Gasteiger partial charge is 0.255 e. The van der Waals surface area contributed by atoms with Crippen LogP contribution in [-0.2, 0) is 0 Å². The Morgan fingerprint density at radius 2 is 0.586 bits per heavy atom. The minimum atomic E-state index is 0.595. The molecule has 10 aromatic rings. The van der Waals surface area contributed by atoms with Crippen LogP contribution < -0.4 is 0 Å². The van der Waals surface area contributed by atoms with Crippen LogP contribution in [0.5, 0.6) is 0 Å². The lowest BCUT2D eigenvalue weighted by atomic mass is 10.0. The van der Waals surface area contributed by atoms with E-state index in [4.69, 9.17) is 24.9 Å². The highest BCUT2D eigenvalue weighted by Gasteiger charge is 2.17. The zero-order valence-corrected chi connectivity index (χ0v) is 31.2. The Balaban J connectivity index is 1.01. The molecule has 7 nitrogen and oxygen atoms in total. The van der Waals surface area contributed by atoms with Crippen molar-refractivity contribution in [1.82, 2.24) is 34.9 Å². The molecule has 0 fully saturated rings. The first-order valence-electron chi connectivity index (χ1n) is 19.1. The second-order valence-electron chi connectivity index (χ2n) is 13.8. The SMILES string of the molecule is c1ccc(-c2ccc(-c3nc(-c4ccc(-c5ccccc5)cc4)nc(-c4ccc(-c5ccc6nc(-c7ccccn7)c(-c7ccccn7)nc6c5)cc4)n3)cc2)cc1. The topological polar surface area (TPSA) is 90.2 Å². The Labute approximate surface area is 335 Å². The molecule has 0 unspecified atom stereocenters. The maximum Gasteiger partial charge on any atom is 0.164 e. The molecule has 0 radical (unpaired) electrons. The monoisotopic (exact) mass is 743 g/mol. The Hall–Kier alpha value is -8.03. The van der Waals surface area contributed by atoms with Crippen LogP contribution in [0.25, 0.3) is 101 Å². The van der Waals surface area contributed by atoms with Gasteiger partial charge in [-0.3, -0.25) is 9.97 Å². The van der Waals surface area contributed by atoms with Crippen molar-refractivity contribution in [2.45, 2.75) is 0 Å². The van der Waals surface area contributed by atoms with Crippen LogP contribution in [0.15, 0.2) is 200 Å². The number of aromatic nitrogens is 7. The van der Waals surface area contributed by atoms with Crippen molar-refractivity contribution in [1.29, 1.82) is 0 Å². The maximum atomic E-state index is 5.10. The molecule has 10 rings (SSSR count). The minimum absolute atomic E-state index is 0.595. The van der Waals surface area contributed by atoms with E-state index in [1.165, 1.54) is 0 Å². The molecule has 272 valence electrons. The molecule has 0 N–H and O–H groups in total. The van der Waals surface area contributed by atoms with Gasteiger partial charge in [-0.1, -0.05) is 152 Å². The summed E-state index contributed by atoms with van der Waals surface area (Å²) in [7, 11) is 0. The third kappa shape index (κ3) is 7.00. The van der Waals surface area contributed by atoms with Crippen LogP contribution in [0.1, 0.15) is 0 Å². The Morgan fingerprint density at radius 1 is 0.241 bits per heavy atom. The van der Waals surface area contributed by atoms with Gasteiger partial charge in [0.25, 0.3) is 0 Å². The summed E-state index contributed by atoms with van der Waals surface area (Å²) in [4.78, 5) is 34.4. The fourth-order valence-electron chi connectivity index (χ4n) is 7.06. The summed E-state index contributed by atoms with van der Waals surface area (Å²) >= 11 is 0. The average molecular weight is 744 g/mol. The highest BCUT2D eigenvalue weighted by atomic mass is 15.0. The zero-order chi connectivity index (χ0) is 38.7. The van der Waals surface area contributed by atoms with Crippen LogP contribution in [0, 0.1) is 0 Å². The quantitative estimate of drug-likeness (QED) is 0.153. The smallest absolute Gasteiger partial charge is 0.164 e. The van der Waals surface area contributed by atoms with E-state index in [0.29, 0.717) is 28.9 Å². The number of pyridine rings is 2. The van der Waals surface area contributed by atoms with Gasteiger partial charge in [-0.15, -0.1) is 0 Å². The first-order valence-corrected chi connectivity index (χ1v) is 19.1. The van der Waals surface area contributed by atoms with E-state index >= 15 is 0 Å². The molecule has 7 heteroatoms. The molecule has 0 bridgehead atoms. The van der Waals surface area contributed by atoms with Crippen molar-refractivity contribution in [3.63, 3.8) is 0 Å². The summed E-state index contributed by atoms with van der Waals surface area (Å²) in [6, 6.07) is 63.5. The number of rotatable bonds is 8. The van der Waals surface area contributed by atoms with Crippen LogP contribution in [0.3, 0.4) is 0 Å². The molecule has 0 aliphatic heterocycles. The van der Waals surface area contributed by atoms with Crippen molar-refractivity contribution in [3.8, 4) is 90.3 Å². The summed E-state index contributed by atoms with van der Waals surface area (Å²) in [5.41, 5.74) is 13.7. The van der Waals surface area contributed by atoms with Crippen LogP contribution >= 0.6 is 0 Å². The van der Waals surface area contributed by atoms with Gasteiger partial charge in [-0.2, -0.15) is 0 Å². The lowest BCUT2D eigenvalue weighted by Crippen LogP contribution is -2.00. The van der Waals surface area contributed by atoms with E-state index < -0.39 is 0 Å². The highest BCUT2D eigenvalue weighted by molar-refractivity contribution is 5.88. The fraction of sp³-hybridized carbons (Fsp3) is 0. The van der Waals surface area contributed by atoms with E-state index in [-0.39, 0.29) is 0 Å². The molecular formula is C51H33N7. The minimum Gasteiger partial charge on any atom is -0.255 e. The number of benzene rings is 6. The molecular weight excluding hydrogens is 711 g/mol. The van der Waals surface area contributed by atoms with Gasteiger partial charge in [0.2, 0.25) is 0 Å². The number of hydrogen-bond acceptors (Lipinski definition) is 7. The Bertz CT molecular complexity index is 2890. The predicted octanol–water partition coefficient (Wildman–Crippen LogP) is 11.9. The van der Waals surface area contributed by atoms with E-state index in [9.17, 15) is 0 Å². The lowest BCUT2D eigenvalue weighted by molar-refractivity contribution is 1.07. The molecule has 6 aromatic carbocycles. The van der Waals surface area contributed by atoms with Gasteiger partial charge in [0.05, 0.1) is 22.4 Å². The maximum absolute atomic E-state index is 5.10. The van der Waals surface area contributed by atoms with E-state index in [2.05, 4.69) is 143 Å². The Morgan fingerprint density at radius 3 is 1.00 bits per heavy atom. The summed E-state index contributed by atoms with van der Waals surface area (Å²) in [6.45, 7) is 0. The summed E-state index contributed by atoms with van der Waals surface area (Å²) in [6.07, 6.45) is 3.53. The van der Waals surface area contributed by atoms with Crippen molar-refractivity contribution >= 4 is 11.0 Å². The van der Waals surface area contributed by atoms with Crippen molar-refractivity contribution in [3.05, 3.63) is 200 Å². The van der Waals surface area contributed by atoms with Crippen molar-refractivity contribution in [2.24, 2.45) is 0 Å². The summed E-state index contributed by atoms with van der Waals surface area (Å²) < 4.78 is 0. The normalized spacial score (nSPS) is 11.1. The third-order valence-corrected chi connectivity index (χ3v) is 10.1. The highest BCUT2D eigenvalue weighted by Crippen LogP contribution is 2.33. The molecule has 58 heavy (non-hydrogen) atoms.